The first-order valence-corrected chi connectivity index (χ1v) is 4.60. The summed E-state index contributed by atoms with van der Waals surface area (Å²) in [6.45, 7) is 0. The summed E-state index contributed by atoms with van der Waals surface area (Å²) in [4.78, 5) is 10.7. The van der Waals surface area contributed by atoms with E-state index in [1.807, 2.05) is 11.7 Å². The van der Waals surface area contributed by atoms with E-state index in [9.17, 15) is 4.79 Å². The van der Waals surface area contributed by atoms with Crippen molar-refractivity contribution >= 4 is 28.2 Å². The van der Waals surface area contributed by atoms with Crippen molar-refractivity contribution < 1.29 is 4.79 Å². The van der Waals surface area contributed by atoms with Gasteiger partial charge in [0.2, 0.25) is 0 Å². The zero-order valence-electron chi connectivity index (χ0n) is 4.93. The van der Waals surface area contributed by atoms with Crippen molar-refractivity contribution in [2.24, 2.45) is 4.36 Å². The van der Waals surface area contributed by atoms with Gasteiger partial charge in [-0.1, -0.05) is 10.7 Å². The van der Waals surface area contributed by atoms with Crippen LogP contribution in [0.25, 0.3) is 0 Å². The number of carbonyl (C=O) groups is 1. The number of carbonyl (C=O) groups excluding carboxylic acids is 1. The predicted octanol–water partition coefficient (Wildman–Crippen LogP) is 1.08. The molecule has 1 rings (SSSR count). The smallest absolute Gasteiger partial charge is 0.266 e. The van der Waals surface area contributed by atoms with E-state index in [0.29, 0.717) is 11.5 Å². The van der Waals surface area contributed by atoms with Crippen molar-refractivity contribution in [1.29, 1.82) is 0 Å². The number of rotatable bonds is 1. The van der Waals surface area contributed by atoms with Gasteiger partial charge in [0.25, 0.3) is 5.91 Å². The summed E-state index contributed by atoms with van der Waals surface area (Å²) in [5.41, 5.74) is 0.641. The molecule has 0 saturated heterocycles. The van der Waals surface area contributed by atoms with Crippen molar-refractivity contribution in [3.05, 3.63) is 11.0 Å². The van der Waals surface area contributed by atoms with Gasteiger partial charge in [-0.2, -0.15) is 4.36 Å². The topological polar surface area (TPSA) is 29.4 Å². The Morgan fingerprint density at radius 1 is 1.89 bits per heavy atom. The third-order valence-electron chi connectivity index (χ3n) is 0.958. The van der Waals surface area contributed by atoms with E-state index in [0.717, 1.165) is 0 Å². The number of nitrogens with zero attached hydrogens (tertiary/aromatic N) is 1. The summed E-state index contributed by atoms with van der Waals surface area (Å²) in [6, 6.07) is 0. The van der Waals surface area contributed by atoms with Crippen molar-refractivity contribution in [2.75, 3.05) is 12.1 Å². The quantitative estimate of drug-likeness (QED) is 0.532. The summed E-state index contributed by atoms with van der Waals surface area (Å²) in [7, 11) is -0.204. The molecule has 0 fully saturated rings. The van der Waals surface area contributed by atoms with E-state index in [1.165, 1.54) is 0 Å². The Hall–Kier alpha value is -0.150. The van der Waals surface area contributed by atoms with Crippen LogP contribution in [-0.4, -0.2) is 18.0 Å². The lowest BCUT2D eigenvalue weighted by molar-refractivity contribution is -0.113. The number of halogens is 1. The Bertz CT molecular complexity index is 209. The number of amides is 1. The summed E-state index contributed by atoms with van der Waals surface area (Å²) in [5.74, 6) is 0.149. The van der Waals surface area contributed by atoms with Crippen LogP contribution in [0.1, 0.15) is 0 Å². The molecule has 0 spiro atoms. The lowest BCUT2D eigenvalue weighted by Gasteiger charge is -1.84. The van der Waals surface area contributed by atoms with Crippen LogP contribution in [-0.2, 0) is 15.5 Å². The van der Waals surface area contributed by atoms with E-state index in [4.69, 9.17) is 11.6 Å². The maximum atomic E-state index is 10.7. The number of alkyl halides is 1. The zero-order valence-corrected chi connectivity index (χ0v) is 6.50. The average Bonchev–Trinajstić information content (AvgIpc) is 2.10. The van der Waals surface area contributed by atoms with Crippen LogP contribution in [0.15, 0.2) is 15.3 Å². The summed E-state index contributed by atoms with van der Waals surface area (Å²) in [5, 5.41) is 1.81. The van der Waals surface area contributed by atoms with Crippen LogP contribution < -0.4 is 0 Å². The summed E-state index contributed by atoms with van der Waals surface area (Å²) < 4.78 is 3.75. The van der Waals surface area contributed by atoms with Crippen LogP contribution in [0, 0.1) is 0 Å². The highest BCUT2D eigenvalue weighted by Gasteiger charge is 2.12. The van der Waals surface area contributed by atoms with Gasteiger partial charge in [0, 0.05) is 5.57 Å². The van der Waals surface area contributed by atoms with Crippen LogP contribution in [0.3, 0.4) is 0 Å². The minimum absolute atomic E-state index is 0.143. The molecule has 0 saturated carbocycles. The molecule has 1 atom stereocenters. The highest BCUT2D eigenvalue weighted by atomic mass is 35.5. The molecule has 2 nitrogen and oxygen atoms in total. The number of hydrogen-bond donors (Lipinski definition) is 0. The van der Waals surface area contributed by atoms with Crippen LogP contribution >= 0.6 is 11.6 Å². The van der Waals surface area contributed by atoms with Gasteiger partial charge in [0.05, 0.1) is 5.88 Å². The van der Waals surface area contributed by atoms with Gasteiger partial charge >= 0.3 is 0 Å². The van der Waals surface area contributed by atoms with E-state index in [1.54, 1.807) is 0 Å². The molecule has 0 aromatic carbocycles. The molecule has 9 heavy (non-hydrogen) atoms. The van der Waals surface area contributed by atoms with Gasteiger partial charge in [0.1, 0.15) is 0 Å². The second kappa shape index (κ2) is 2.62. The Kier molecular flexibility index (Phi) is 2.03. The molecule has 1 aliphatic heterocycles. The molecule has 1 amide bonds. The van der Waals surface area contributed by atoms with Gasteiger partial charge in [0.15, 0.2) is 0 Å². The Balaban J connectivity index is 2.83. The van der Waals surface area contributed by atoms with Crippen LogP contribution in [0.4, 0.5) is 0 Å². The molecular formula is C5H6ClNOS. The largest absolute Gasteiger partial charge is 0.280 e. The van der Waals surface area contributed by atoms with Gasteiger partial charge in [-0.15, -0.1) is 11.6 Å². The fourth-order valence-corrected chi connectivity index (χ4v) is 1.87. The molecule has 0 radical (unpaired) electrons. The molecular weight excluding hydrogens is 158 g/mol. The molecule has 1 unspecified atom stereocenters. The van der Waals surface area contributed by atoms with E-state index < -0.39 is 0 Å². The van der Waals surface area contributed by atoms with Gasteiger partial charge in [-0.3, -0.25) is 4.79 Å². The third-order valence-corrected chi connectivity index (χ3v) is 2.33. The Morgan fingerprint density at radius 3 is 2.78 bits per heavy atom. The molecule has 0 bridgehead atoms. The summed E-state index contributed by atoms with van der Waals surface area (Å²) in [6.07, 6.45) is 1.89. The molecule has 0 aromatic rings. The van der Waals surface area contributed by atoms with Crippen molar-refractivity contribution in [3.63, 3.8) is 0 Å². The Labute approximate surface area is 61.0 Å². The highest BCUT2D eigenvalue weighted by Crippen LogP contribution is 2.10. The van der Waals surface area contributed by atoms with Crippen molar-refractivity contribution in [3.8, 4) is 0 Å². The second-order valence-electron chi connectivity index (χ2n) is 1.70. The highest BCUT2D eigenvalue weighted by molar-refractivity contribution is 7.90. The lowest BCUT2D eigenvalue weighted by Crippen LogP contribution is -1.93. The van der Waals surface area contributed by atoms with E-state index >= 15 is 0 Å². The minimum Gasteiger partial charge on any atom is -0.266 e. The monoisotopic (exact) mass is 163 g/mol. The van der Waals surface area contributed by atoms with E-state index in [2.05, 4.69) is 4.36 Å². The van der Waals surface area contributed by atoms with E-state index in [-0.39, 0.29) is 16.6 Å². The fourth-order valence-electron chi connectivity index (χ4n) is 0.561. The summed E-state index contributed by atoms with van der Waals surface area (Å²) >= 11 is 5.42. The SMILES string of the molecule is CS1=NC(=O)C(CCl)=C1. The maximum Gasteiger partial charge on any atom is 0.280 e. The molecule has 0 aliphatic carbocycles. The van der Waals surface area contributed by atoms with Gasteiger partial charge in [-0.25, -0.2) is 0 Å². The van der Waals surface area contributed by atoms with Crippen molar-refractivity contribution in [1.82, 2.24) is 0 Å². The lowest BCUT2D eigenvalue weighted by atomic mass is 10.3. The molecule has 1 heterocycles. The zero-order chi connectivity index (χ0) is 6.85. The number of hydrogen-bond acceptors (Lipinski definition) is 1. The fraction of sp³-hybridized carbons (Fsp3) is 0.400. The molecule has 0 aromatic heterocycles. The van der Waals surface area contributed by atoms with Gasteiger partial charge < -0.3 is 0 Å². The first-order chi connectivity index (χ1) is 4.24. The first kappa shape index (κ1) is 6.96. The van der Waals surface area contributed by atoms with Gasteiger partial charge in [-0.05, 0) is 11.7 Å². The van der Waals surface area contributed by atoms with Crippen LogP contribution in [0.2, 0.25) is 0 Å². The molecule has 1 aliphatic rings. The first-order valence-electron chi connectivity index (χ1n) is 2.41. The minimum atomic E-state index is -0.204. The maximum absolute atomic E-state index is 10.7. The normalized spacial score (nSPS) is 25.8. The predicted molar refractivity (Wildman–Crippen MR) is 39.5 cm³/mol. The molecule has 4 heteroatoms. The van der Waals surface area contributed by atoms with Crippen molar-refractivity contribution in [2.45, 2.75) is 0 Å². The van der Waals surface area contributed by atoms with Crippen LogP contribution in [0.5, 0.6) is 0 Å². The second-order valence-corrected chi connectivity index (χ2v) is 3.43. The standard InChI is InChI=1S/C5H6ClNOS/c1-9-3-4(2-6)5(8)7-9/h3H,2H2,1H3. The molecule has 0 N–H and O–H groups in total. The third kappa shape index (κ3) is 1.40. The Morgan fingerprint density at radius 2 is 2.56 bits per heavy atom. The molecule has 50 valence electrons. The average molecular weight is 164 g/mol.